The maximum atomic E-state index is 12.0. The molecule has 1 atom stereocenters. The van der Waals surface area contributed by atoms with Crippen LogP contribution in [0.2, 0.25) is 0 Å². The van der Waals surface area contributed by atoms with Crippen molar-refractivity contribution in [2.45, 2.75) is 25.8 Å². The minimum Gasteiger partial charge on any atom is -0.346 e. The van der Waals surface area contributed by atoms with Gasteiger partial charge in [0.2, 0.25) is 11.8 Å². The second-order valence-corrected chi connectivity index (χ2v) is 5.27. The van der Waals surface area contributed by atoms with Crippen molar-refractivity contribution in [2.75, 3.05) is 45.8 Å². The Morgan fingerprint density at radius 2 is 1.79 bits per heavy atom. The van der Waals surface area contributed by atoms with Gasteiger partial charge in [0.1, 0.15) is 0 Å². The molecular weight excluding hydrogens is 244 g/mol. The predicted octanol–water partition coefficient (Wildman–Crippen LogP) is -0.981. The normalized spacial score (nSPS) is 22.3. The summed E-state index contributed by atoms with van der Waals surface area (Å²) < 4.78 is 0. The summed E-state index contributed by atoms with van der Waals surface area (Å²) in [5.41, 5.74) is 0. The zero-order valence-corrected chi connectivity index (χ0v) is 11.7. The van der Waals surface area contributed by atoms with E-state index in [0.717, 1.165) is 52.1 Å². The number of hydrogen-bond donors (Lipinski definition) is 2. The molecule has 0 aromatic heterocycles. The molecule has 19 heavy (non-hydrogen) atoms. The van der Waals surface area contributed by atoms with Gasteiger partial charge in [-0.3, -0.25) is 14.5 Å². The van der Waals surface area contributed by atoms with Crippen molar-refractivity contribution in [3.8, 4) is 0 Å². The van der Waals surface area contributed by atoms with E-state index in [-0.39, 0.29) is 24.4 Å². The smallest absolute Gasteiger partial charge is 0.241 e. The van der Waals surface area contributed by atoms with Crippen molar-refractivity contribution >= 4 is 11.8 Å². The summed E-state index contributed by atoms with van der Waals surface area (Å²) in [5.74, 6) is -0.00666. The van der Waals surface area contributed by atoms with E-state index in [0.29, 0.717) is 0 Å². The Labute approximate surface area is 114 Å². The first-order valence-electron chi connectivity index (χ1n) is 7.19. The quantitative estimate of drug-likeness (QED) is 0.688. The molecule has 1 unspecified atom stereocenters. The van der Waals surface area contributed by atoms with Crippen LogP contribution >= 0.6 is 0 Å². The molecule has 0 aromatic rings. The van der Waals surface area contributed by atoms with Gasteiger partial charge in [-0.25, -0.2) is 0 Å². The van der Waals surface area contributed by atoms with Crippen LogP contribution < -0.4 is 10.6 Å². The lowest BCUT2D eigenvalue weighted by Crippen LogP contribution is -2.53. The van der Waals surface area contributed by atoms with Crippen LogP contribution in [0, 0.1) is 0 Å². The fraction of sp³-hybridized carbons (Fsp3) is 0.846. The monoisotopic (exact) mass is 268 g/mol. The molecule has 0 bridgehead atoms. The molecule has 6 nitrogen and oxygen atoms in total. The number of likely N-dealkylation sites (tertiary alicyclic amines) is 1. The molecule has 2 heterocycles. The average Bonchev–Trinajstić information content (AvgIpc) is 2.98. The average molecular weight is 268 g/mol. The van der Waals surface area contributed by atoms with Gasteiger partial charge in [0, 0.05) is 39.3 Å². The van der Waals surface area contributed by atoms with Gasteiger partial charge in [-0.15, -0.1) is 0 Å². The third-order valence-electron chi connectivity index (χ3n) is 3.95. The number of carbonyl (C=O) groups excluding carboxylic acids is 2. The van der Waals surface area contributed by atoms with E-state index in [9.17, 15) is 9.59 Å². The molecule has 2 N–H and O–H groups in total. The lowest BCUT2D eigenvalue weighted by molar-refractivity contribution is -0.133. The van der Waals surface area contributed by atoms with Crippen LogP contribution in [0.4, 0.5) is 0 Å². The van der Waals surface area contributed by atoms with Gasteiger partial charge in [0.05, 0.1) is 12.6 Å². The van der Waals surface area contributed by atoms with E-state index in [1.54, 1.807) is 0 Å². The van der Waals surface area contributed by atoms with Gasteiger partial charge >= 0.3 is 0 Å². The molecular formula is C13H24N4O2. The van der Waals surface area contributed by atoms with E-state index in [1.165, 1.54) is 0 Å². The molecule has 2 saturated heterocycles. The van der Waals surface area contributed by atoms with Crippen LogP contribution in [-0.4, -0.2) is 73.5 Å². The molecule has 2 aliphatic rings. The largest absolute Gasteiger partial charge is 0.346 e. The lowest BCUT2D eigenvalue weighted by atomic mass is 10.2. The fourth-order valence-electron chi connectivity index (χ4n) is 2.62. The van der Waals surface area contributed by atoms with Crippen LogP contribution in [0.15, 0.2) is 0 Å². The van der Waals surface area contributed by atoms with Crippen LogP contribution in [-0.2, 0) is 9.59 Å². The SMILES string of the molecule is CC(C(=O)NCC(=O)N1CCCC1)N1CCNCC1. The topological polar surface area (TPSA) is 64.7 Å². The summed E-state index contributed by atoms with van der Waals surface area (Å²) in [6.45, 7) is 7.32. The summed E-state index contributed by atoms with van der Waals surface area (Å²) in [4.78, 5) is 27.8. The highest BCUT2D eigenvalue weighted by atomic mass is 16.2. The van der Waals surface area contributed by atoms with Crippen molar-refractivity contribution < 1.29 is 9.59 Å². The number of rotatable bonds is 4. The third-order valence-corrected chi connectivity index (χ3v) is 3.95. The summed E-state index contributed by atoms with van der Waals surface area (Å²) in [7, 11) is 0. The van der Waals surface area contributed by atoms with Crippen molar-refractivity contribution in [3.05, 3.63) is 0 Å². The van der Waals surface area contributed by atoms with E-state index in [2.05, 4.69) is 15.5 Å². The zero-order chi connectivity index (χ0) is 13.7. The van der Waals surface area contributed by atoms with Crippen molar-refractivity contribution in [1.29, 1.82) is 0 Å². The Balaban J connectivity index is 1.72. The van der Waals surface area contributed by atoms with Crippen LogP contribution in [0.5, 0.6) is 0 Å². The number of nitrogens with one attached hydrogen (secondary N) is 2. The number of nitrogens with zero attached hydrogens (tertiary/aromatic N) is 2. The molecule has 0 aliphatic carbocycles. The van der Waals surface area contributed by atoms with Gasteiger partial charge in [-0.1, -0.05) is 0 Å². The van der Waals surface area contributed by atoms with Gasteiger partial charge < -0.3 is 15.5 Å². The standard InChI is InChI=1S/C13H24N4O2/c1-11(16-8-4-14-5-9-16)13(19)15-10-12(18)17-6-2-3-7-17/h11,14H,2-10H2,1H3,(H,15,19). The minimum absolute atomic E-state index is 0.0401. The molecule has 0 saturated carbocycles. The van der Waals surface area contributed by atoms with Crippen molar-refractivity contribution in [2.24, 2.45) is 0 Å². The predicted molar refractivity (Wildman–Crippen MR) is 72.7 cm³/mol. The van der Waals surface area contributed by atoms with E-state index < -0.39 is 0 Å². The molecule has 0 radical (unpaired) electrons. The first kappa shape index (κ1) is 14.3. The molecule has 2 fully saturated rings. The second kappa shape index (κ2) is 6.86. The zero-order valence-electron chi connectivity index (χ0n) is 11.7. The van der Waals surface area contributed by atoms with Gasteiger partial charge in [-0.05, 0) is 19.8 Å². The minimum atomic E-state index is -0.159. The Morgan fingerprint density at radius 3 is 2.42 bits per heavy atom. The van der Waals surface area contributed by atoms with Crippen LogP contribution in [0.1, 0.15) is 19.8 Å². The number of amides is 2. The number of hydrogen-bond acceptors (Lipinski definition) is 4. The van der Waals surface area contributed by atoms with Crippen molar-refractivity contribution in [1.82, 2.24) is 20.4 Å². The number of carbonyl (C=O) groups is 2. The molecule has 2 aliphatic heterocycles. The van der Waals surface area contributed by atoms with Crippen LogP contribution in [0.25, 0.3) is 0 Å². The Morgan fingerprint density at radius 1 is 1.16 bits per heavy atom. The fourth-order valence-corrected chi connectivity index (χ4v) is 2.62. The molecule has 0 spiro atoms. The first-order valence-corrected chi connectivity index (χ1v) is 7.19. The van der Waals surface area contributed by atoms with Gasteiger partial charge in [-0.2, -0.15) is 0 Å². The van der Waals surface area contributed by atoms with Gasteiger partial charge in [0.25, 0.3) is 0 Å². The van der Waals surface area contributed by atoms with E-state index >= 15 is 0 Å². The number of piperazine rings is 1. The van der Waals surface area contributed by atoms with Gasteiger partial charge in [0.15, 0.2) is 0 Å². The van der Waals surface area contributed by atoms with E-state index in [1.807, 2.05) is 11.8 Å². The maximum Gasteiger partial charge on any atom is 0.241 e. The Hall–Kier alpha value is -1.14. The van der Waals surface area contributed by atoms with Crippen LogP contribution in [0.3, 0.4) is 0 Å². The summed E-state index contributed by atoms with van der Waals surface area (Å²) in [6.07, 6.45) is 2.16. The molecule has 6 heteroatoms. The third kappa shape index (κ3) is 3.91. The van der Waals surface area contributed by atoms with E-state index in [4.69, 9.17) is 0 Å². The second-order valence-electron chi connectivity index (χ2n) is 5.27. The van der Waals surface area contributed by atoms with Crippen molar-refractivity contribution in [3.63, 3.8) is 0 Å². The molecule has 2 amide bonds. The Kier molecular flexibility index (Phi) is 5.15. The highest BCUT2D eigenvalue weighted by Crippen LogP contribution is 2.07. The Bertz CT molecular complexity index is 323. The lowest BCUT2D eigenvalue weighted by Gasteiger charge is -2.31. The molecule has 0 aromatic carbocycles. The highest BCUT2D eigenvalue weighted by Gasteiger charge is 2.24. The maximum absolute atomic E-state index is 12.0. The highest BCUT2D eigenvalue weighted by molar-refractivity contribution is 5.87. The first-order chi connectivity index (χ1) is 9.18. The summed E-state index contributed by atoms with van der Waals surface area (Å²) in [5, 5.41) is 6.03. The summed E-state index contributed by atoms with van der Waals surface area (Å²) >= 11 is 0. The molecule has 108 valence electrons. The molecule has 2 rings (SSSR count). The summed E-state index contributed by atoms with van der Waals surface area (Å²) in [6, 6.07) is -0.159.